The fourth-order valence-electron chi connectivity index (χ4n) is 2.13. The molecule has 2 N–H and O–H groups in total. The number of ether oxygens (including phenoxy) is 1. The number of anilines is 1. The number of phenols is 1. The van der Waals surface area contributed by atoms with Crippen LogP contribution in [0, 0.1) is 13.8 Å². The van der Waals surface area contributed by atoms with Crippen LogP contribution < -0.4 is 4.72 Å². The second-order valence-corrected chi connectivity index (χ2v) is 6.87. The van der Waals surface area contributed by atoms with Crippen LogP contribution in [-0.2, 0) is 14.8 Å². The lowest BCUT2D eigenvalue weighted by atomic mass is 10.1. The van der Waals surface area contributed by atoms with E-state index >= 15 is 0 Å². The number of aryl methyl sites for hydroxylation is 2. The number of aromatic hydroxyl groups is 1. The first-order valence-electron chi connectivity index (χ1n) is 6.30. The van der Waals surface area contributed by atoms with E-state index in [0.717, 1.165) is 0 Å². The molecule has 2 rings (SSSR count). The quantitative estimate of drug-likeness (QED) is 0.832. The Morgan fingerprint density at radius 2 is 1.84 bits per heavy atom. The van der Waals surface area contributed by atoms with E-state index in [-0.39, 0.29) is 5.75 Å². The molecule has 1 aliphatic heterocycles. The molecule has 0 aliphatic carbocycles. The molecular formula is C13H19NO4S. The molecule has 106 valence electrons. The molecule has 1 aliphatic rings. The monoisotopic (exact) mass is 285 g/mol. The molecule has 1 saturated heterocycles. The Labute approximate surface area is 113 Å². The van der Waals surface area contributed by atoms with Crippen LogP contribution in [0.15, 0.2) is 12.1 Å². The Hall–Kier alpha value is -1.27. The van der Waals surface area contributed by atoms with E-state index in [0.29, 0.717) is 42.9 Å². The predicted molar refractivity (Wildman–Crippen MR) is 74.0 cm³/mol. The third-order valence-electron chi connectivity index (χ3n) is 3.40. The summed E-state index contributed by atoms with van der Waals surface area (Å²) in [7, 11) is -3.40. The van der Waals surface area contributed by atoms with E-state index < -0.39 is 15.3 Å². The maximum atomic E-state index is 12.3. The zero-order chi connectivity index (χ0) is 14.0. The summed E-state index contributed by atoms with van der Waals surface area (Å²) >= 11 is 0. The molecule has 0 aromatic heterocycles. The van der Waals surface area contributed by atoms with Crippen LogP contribution in [0.2, 0.25) is 0 Å². The van der Waals surface area contributed by atoms with Gasteiger partial charge < -0.3 is 9.84 Å². The van der Waals surface area contributed by atoms with Gasteiger partial charge in [-0.2, -0.15) is 0 Å². The normalized spacial score (nSPS) is 17.4. The first-order chi connectivity index (χ1) is 8.90. The zero-order valence-electron chi connectivity index (χ0n) is 11.1. The lowest BCUT2D eigenvalue weighted by Crippen LogP contribution is -2.33. The summed E-state index contributed by atoms with van der Waals surface area (Å²) in [4.78, 5) is 0. The highest BCUT2D eigenvalue weighted by Gasteiger charge is 2.28. The van der Waals surface area contributed by atoms with Crippen molar-refractivity contribution in [1.82, 2.24) is 0 Å². The van der Waals surface area contributed by atoms with Crippen LogP contribution in [0.4, 0.5) is 5.69 Å². The lowest BCUT2D eigenvalue weighted by molar-refractivity contribution is 0.0984. The fourth-order valence-corrected chi connectivity index (χ4v) is 3.64. The standard InChI is InChI=1S/C13H19NO4S/c1-9-8-13(15)10(2)7-12(9)14-19(16,17)11-3-5-18-6-4-11/h7-8,11,14-15H,3-6H2,1-2H3. The molecule has 5 nitrogen and oxygen atoms in total. The summed E-state index contributed by atoms with van der Waals surface area (Å²) in [5.74, 6) is 0.173. The molecule has 0 saturated carbocycles. The summed E-state index contributed by atoms with van der Waals surface area (Å²) in [6.45, 7) is 4.47. The average Bonchev–Trinajstić information content (AvgIpc) is 2.37. The number of hydrogen-bond donors (Lipinski definition) is 2. The van der Waals surface area contributed by atoms with Crippen LogP contribution in [0.25, 0.3) is 0 Å². The van der Waals surface area contributed by atoms with Crippen LogP contribution in [-0.4, -0.2) is 32.0 Å². The summed E-state index contributed by atoms with van der Waals surface area (Å²) in [6.07, 6.45) is 1.04. The van der Waals surface area contributed by atoms with Gasteiger partial charge >= 0.3 is 0 Å². The molecule has 1 heterocycles. The molecule has 1 aromatic carbocycles. The number of rotatable bonds is 3. The number of benzene rings is 1. The predicted octanol–water partition coefficient (Wildman–Crippen LogP) is 1.93. The number of sulfonamides is 1. The Kier molecular flexibility index (Phi) is 4.01. The van der Waals surface area contributed by atoms with E-state index in [1.807, 2.05) is 0 Å². The zero-order valence-corrected chi connectivity index (χ0v) is 12.0. The van der Waals surface area contributed by atoms with E-state index in [1.54, 1.807) is 26.0 Å². The SMILES string of the molecule is Cc1cc(NS(=O)(=O)C2CCOCC2)c(C)cc1O. The van der Waals surface area contributed by atoms with E-state index in [4.69, 9.17) is 4.74 Å². The van der Waals surface area contributed by atoms with Gasteiger partial charge in [0.2, 0.25) is 10.0 Å². The Morgan fingerprint density at radius 1 is 1.21 bits per heavy atom. The second kappa shape index (κ2) is 5.38. The molecular weight excluding hydrogens is 266 g/mol. The first-order valence-corrected chi connectivity index (χ1v) is 7.84. The summed E-state index contributed by atoms with van der Waals surface area (Å²) in [5, 5.41) is 9.17. The van der Waals surface area contributed by atoms with Crippen LogP contribution in [0.3, 0.4) is 0 Å². The van der Waals surface area contributed by atoms with Crippen molar-refractivity contribution in [1.29, 1.82) is 0 Å². The van der Waals surface area contributed by atoms with Crippen LogP contribution >= 0.6 is 0 Å². The van der Waals surface area contributed by atoms with Crippen LogP contribution in [0.1, 0.15) is 24.0 Å². The van der Waals surface area contributed by atoms with Crippen molar-refractivity contribution >= 4 is 15.7 Å². The molecule has 0 bridgehead atoms. The van der Waals surface area contributed by atoms with Gasteiger partial charge in [0.05, 0.1) is 10.9 Å². The van der Waals surface area contributed by atoms with Gasteiger partial charge in [0, 0.05) is 13.2 Å². The molecule has 1 aromatic rings. The van der Waals surface area contributed by atoms with Gasteiger partial charge in [-0.15, -0.1) is 0 Å². The highest BCUT2D eigenvalue weighted by Crippen LogP contribution is 2.27. The lowest BCUT2D eigenvalue weighted by Gasteiger charge is -2.23. The van der Waals surface area contributed by atoms with Gasteiger partial charge in [0.25, 0.3) is 0 Å². The smallest absolute Gasteiger partial charge is 0.235 e. The molecule has 1 fully saturated rings. The Morgan fingerprint density at radius 3 is 2.47 bits per heavy atom. The van der Waals surface area contributed by atoms with Gasteiger partial charge in [0.15, 0.2) is 0 Å². The van der Waals surface area contributed by atoms with Crippen molar-refractivity contribution in [3.8, 4) is 5.75 Å². The van der Waals surface area contributed by atoms with Gasteiger partial charge in [-0.3, -0.25) is 4.72 Å². The maximum absolute atomic E-state index is 12.3. The van der Waals surface area contributed by atoms with Gasteiger partial charge in [-0.05, 0) is 49.9 Å². The topological polar surface area (TPSA) is 75.6 Å². The van der Waals surface area contributed by atoms with Gasteiger partial charge in [0.1, 0.15) is 5.75 Å². The second-order valence-electron chi connectivity index (χ2n) is 4.91. The summed E-state index contributed by atoms with van der Waals surface area (Å²) < 4.78 is 32.4. The molecule has 0 spiro atoms. The van der Waals surface area contributed by atoms with Crippen molar-refractivity contribution < 1.29 is 18.3 Å². The molecule has 19 heavy (non-hydrogen) atoms. The highest BCUT2D eigenvalue weighted by molar-refractivity contribution is 7.93. The number of phenolic OH excluding ortho intramolecular Hbond substituents is 1. The van der Waals surface area contributed by atoms with Crippen molar-refractivity contribution in [3.63, 3.8) is 0 Å². The largest absolute Gasteiger partial charge is 0.508 e. The maximum Gasteiger partial charge on any atom is 0.235 e. The van der Waals surface area contributed by atoms with E-state index in [2.05, 4.69) is 4.72 Å². The molecule has 6 heteroatoms. The highest BCUT2D eigenvalue weighted by atomic mass is 32.2. The van der Waals surface area contributed by atoms with E-state index in [1.165, 1.54) is 0 Å². The number of hydrogen-bond acceptors (Lipinski definition) is 4. The fraction of sp³-hybridized carbons (Fsp3) is 0.538. The summed E-state index contributed by atoms with van der Waals surface area (Å²) in [6, 6.07) is 3.22. The first kappa shape index (κ1) is 14.1. The van der Waals surface area contributed by atoms with Crippen molar-refractivity contribution in [2.24, 2.45) is 0 Å². The van der Waals surface area contributed by atoms with Crippen LogP contribution in [0.5, 0.6) is 5.75 Å². The molecule has 0 radical (unpaired) electrons. The van der Waals surface area contributed by atoms with E-state index in [9.17, 15) is 13.5 Å². The Bertz CT molecular complexity index is 562. The third-order valence-corrected chi connectivity index (χ3v) is 5.26. The van der Waals surface area contributed by atoms with Crippen molar-refractivity contribution in [2.75, 3.05) is 17.9 Å². The molecule has 0 unspecified atom stereocenters. The van der Waals surface area contributed by atoms with Crippen molar-refractivity contribution in [2.45, 2.75) is 31.9 Å². The minimum absolute atomic E-state index is 0.173. The average molecular weight is 285 g/mol. The summed E-state index contributed by atoms with van der Waals surface area (Å²) in [5.41, 5.74) is 1.89. The minimum atomic E-state index is -3.40. The van der Waals surface area contributed by atoms with Gasteiger partial charge in [-0.1, -0.05) is 0 Å². The minimum Gasteiger partial charge on any atom is -0.508 e. The third kappa shape index (κ3) is 3.19. The Balaban J connectivity index is 2.22. The van der Waals surface area contributed by atoms with Gasteiger partial charge in [-0.25, -0.2) is 8.42 Å². The molecule has 0 atom stereocenters. The van der Waals surface area contributed by atoms with Crippen molar-refractivity contribution in [3.05, 3.63) is 23.3 Å². The number of nitrogens with one attached hydrogen (secondary N) is 1. The molecule has 0 amide bonds.